The number of nitrogens with one attached hydrogen (secondary N) is 2. The summed E-state index contributed by atoms with van der Waals surface area (Å²) in [4.78, 5) is 50.4. The van der Waals surface area contributed by atoms with Crippen molar-refractivity contribution in [2.75, 3.05) is 0 Å². The van der Waals surface area contributed by atoms with Crippen molar-refractivity contribution in [1.82, 2.24) is 24.8 Å². The van der Waals surface area contributed by atoms with Crippen LogP contribution >= 0.6 is 11.8 Å². The molecule has 9 heteroatoms. The monoisotopic (exact) mass is 479 g/mol. The fourth-order valence-corrected chi connectivity index (χ4v) is 5.18. The Morgan fingerprint density at radius 3 is 2.56 bits per heavy atom. The van der Waals surface area contributed by atoms with Crippen LogP contribution in [0, 0.1) is 0 Å². The largest absolute Gasteiger partial charge is 0.348 e. The predicted octanol–water partition coefficient (Wildman–Crippen LogP) is 3.83. The highest BCUT2D eigenvalue weighted by molar-refractivity contribution is 8.00. The summed E-state index contributed by atoms with van der Waals surface area (Å²) >= 11 is 1.26. The number of aromatic nitrogens is 4. The molecule has 2 aliphatic carbocycles. The lowest BCUT2D eigenvalue weighted by Gasteiger charge is -2.21. The third-order valence-electron chi connectivity index (χ3n) is 6.38. The minimum atomic E-state index is -0.498. The van der Waals surface area contributed by atoms with Crippen molar-refractivity contribution in [2.45, 2.75) is 80.6 Å². The number of carbonyl (C=O) groups excluding carboxylic acids is 1. The van der Waals surface area contributed by atoms with Crippen molar-refractivity contribution in [3.8, 4) is 0 Å². The van der Waals surface area contributed by atoms with Crippen LogP contribution in [0.1, 0.15) is 81.8 Å². The summed E-state index contributed by atoms with van der Waals surface area (Å²) in [6.07, 6.45) is 5.56. The third kappa shape index (κ3) is 4.66. The van der Waals surface area contributed by atoms with Crippen LogP contribution in [0.15, 0.2) is 44.9 Å². The van der Waals surface area contributed by atoms with E-state index in [-0.39, 0.29) is 23.9 Å². The summed E-state index contributed by atoms with van der Waals surface area (Å²) in [7, 11) is 0. The van der Waals surface area contributed by atoms with Crippen LogP contribution in [-0.4, -0.2) is 30.7 Å². The summed E-state index contributed by atoms with van der Waals surface area (Å²) in [5, 5.41) is 3.46. The van der Waals surface area contributed by atoms with E-state index >= 15 is 0 Å². The molecule has 0 radical (unpaired) electrons. The number of thioether (sulfide) groups is 1. The Kier molecular flexibility index (Phi) is 6.29. The normalized spacial score (nSPS) is 17.5. The van der Waals surface area contributed by atoms with Crippen LogP contribution < -0.4 is 16.6 Å². The summed E-state index contributed by atoms with van der Waals surface area (Å²) in [5.41, 5.74) is 0.551. The second-order valence-corrected chi connectivity index (χ2v) is 10.6. The van der Waals surface area contributed by atoms with Crippen LogP contribution in [0.5, 0.6) is 0 Å². The topological polar surface area (TPSA) is 110 Å². The lowest BCUT2D eigenvalue weighted by Crippen LogP contribution is -2.35. The van der Waals surface area contributed by atoms with Crippen molar-refractivity contribution >= 4 is 28.7 Å². The molecular formula is C25H29N5O3S. The van der Waals surface area contributed by atoms with Gasteiger partial charge < -0.3 is 5.32 Å². The summed E-state index contributed by atoms with van der Waals surface area (Å²) in [6, 6.07) is 9.94. The molecule has 2 aromatic heterocycles. The maximum Gasteiger partial charge on any atom is 0.330 e. The molecule has 0 unspecified atom stereocenters. The fraction of sp³-hybridized carbons (Fsp3) is 0.480. The quantitative estimate of drug-likeness (QED) is 0.357. The molecule has 34 heavy (non-hydrogen) atoms. The van der Waals surface area contributed by atoms with Gasteiger partial charge in [-0.15, -0.1) is 0 Å². The van der Waals surface area contributed by atoms with Gasteiger partial charge in [0, 0.05) is 12.0 Å². The number of aromatic amines is 1. The minimum absolute atomic E-state index is 0.0630. The Morgan fingerprint density at radius 2 is 1.91 bits per heavy atom. The van der Waals surface area contributed by atoms with Crippen LogP contribution in [0.3, 0.4) is 0 Å². The van der Waals surface area contributed by atoms with E-state index in [0.29, 0.717) is 21.9 Å². The zero-order valence-corrected chi connectivity index (χ0v) is 20.2. The summed E-state index contributed by atoms with van der Waals surface area (Å²) in [6.45, 7) is 3.92. The highest BCUT2D eigenvalue weighted by Crippen LogP contribution is 2.41. The van der Waals surface area contributed by atoms with Crippen LogP contribution in [0.25, 0.3) is 11.0 Å². The average Bonchev–Trinajstić information content (AvgIpc) is 3.72. The highest BCUT2D eigenvalue weighted by Gasteiger charge is 2.33. The molecule has 8 nitrogen and oxygen atoms in total. The second-order valence-electron chi connectivity index (χ2n) is 9.24. The van der Waals surface area contributed by atoms with Crippen molar-refractivity contribution in [1.29, 1.82) is 0 Å². The molecule has 1 aromatic carbocycles. The van der Waals surface area contributed by atoms with E-state index in [4.69, 9.17) is 4.98 Å². The van der Waals surface area contributed by atoms with Crippen molar-refractivity contribution in [3.63, 3.8) is 0 Å². The molecule has 178 valence electrons. The van der Waals surface area contributed by atoms with Crippen molar-refractivity contribution < 1.29 is 4.79 Å². The van der Waals surface area contributed by atoms with Gasteiger partial charge in [-0.1, -0.05) is 55.4 Å². The van der Waals surface area contributed by atoms with E-state index in [1.165, 1.54) is 11.8 Å². The first-order chi connectivity index (χ1) is 16.5. The van der Waals surface area contributed by atoms with Crippen LogP contribution in [0.4, 0.5) is 0 Å². The first-order valence-corrected chi connectivity index (χ1v) is 12.9. The number of amides is 1. The fourth-order valence-electron chi connectivity index (χ4n) is 4.22. The van der Waals surface area contributed by atoms with Gasteiger partial charge in [0.1, 0.15) is 16.2 Å². The first kappa shape index (κ1) is 22.8. The van der Waals surface area contributed by atoms with E-state index in [9.17, 15) is 14.4 Å². The van der Waals surface area contributed by atoms with Gasteiger partial charge in [0.2, 0.25) is 5.91 Å². The molecule has 2 heterocycles. The van der Waals surface area contributed by atoms with E-state index < -0.39 is 16.5 Å². The average molecular weight is 480 g/mol. The maximum absolute atomic E-state index is 13.2. The van der Waals surface area contributed by atoms with Gasteiger partial charge in [-0.05, 0) is 44.6 Å². The van der Waals surface area contributed by atoms with Gasteiger partial charge in [0.05, 0.1) is 11.3 Å². The lowest BCUT2D eigenvalue weighted by atomic mass is 10.0. The molecule has 0 bridgehead atoms. The number of hydrogen-bond acceptors (Lipinski definition) is 6. The molecule has 0 aliphatic heterocycles. The molecule has 1 amide bonds. The number of fused-ring (bicyclic) bond motifs is 1. The van der Waals surface area contributed by atoms with Gasteiger partial charge in [0.25, 0.3) is 5.56 Å². The molecule has 3 aromatic rings. The summed E-state index contributed by atoms with van der Waals surface area (Å²) in [5.74, 6) is 0.802. The number of rotatable bonds is 9. The molecule has 2 saturated carbocycles. The Morgan fingerprint density at radius 1 is 1.18 bits per heavy atom. The smallest absolute Gasteiger partial charge is 0.330 e. The van der Waals surface area contributed by atoms with E-state index in [1.807, 2.05) is 37.3 Å². The molecular weight excluding hydrogens is 450 g/mol. The SMILES string of the molecule is CCC[C@@H](NC(=O)[C@@H](C)Sc1nc(C2CC2)nc2c1c(=O)[nH]c(=O)n2C1CC1)c1ccccc1. The molecule has 2 N–H and O–H groups in total. The third-order valence-corrected chi connectivity index (χ3v) is 7.46. The molecule has 0 spiro atoms. The van der Waals surface area contributed by atoms with Crippen molar-refractivity contribution in [2.24, 2.45) is 0 Å². The van der Waals surface area contributed by atoms with Gasteiger partial charge in [-0.2, -0.15) is 0 Å². The van der Waals surface area contributed by atoms with E-state index in [2.05, 4.69) is 22.2 Å². The number of hydrogen-bond donors (Lipinski definition) is 2. The number of carbonyl (C=O) groups is 1. The molecule has 5 rings (SSSR count). The number of benzene rings is 1. The molecule has 2 aliphatic rings. The van der Waals surface area contributed by atoms with Gasteiger partial charge in [-0.3, -0.25) is 19.1 Å². The summed E-state index contributed by atoms with van der Waals surface area (Å²) < 4.78 is 1.60. The Labute approximate surface area is 201 Å². The lowest BCUT2D eigenvalue weighted by molar-refractivity contribution is -0.121. The number of H-pyrrole nitrogens is 1. The molecule has 0 saturated heterocycles. The second kappa shape index (κ2) is 9.37. The minimum Gasteiger partial charge on any atom is -0.348 e. The first-order valence-electron chi connectivity index (χ1n) is 12.0. The molecule has 2 fully saturated rings. The van der Waals surface area contributed by atoms with Crippen LogP contribution in [-0.2, 0) is 4.79 Å². The molecule has 2 atom stereocenters. The van der Waals surface area contributed by atoms with Crippen molar-refractivity contribution in [3.05, 3.63) is 62.6 Å². The Hall–Kier alpha value is -2.94. The van der Waals surface area contributed by atoms with Gasteiger partial charge in [-0.25, -0.2) is 14.8 Å². The Balaban J connectivity index is 1.47. The van der Waals surface area contributed by atoms with Gasteiger partial charge in [0.15, 0.2) is 5.65 Å². The van der Waals surface area contributed by atoms with E-state index in [1.54, 1.807) is 4.57 Å². The highest BCUT2D eigenvalue weighted by atomic mass is 32.2. The standard InChI is InChI=1S/C25H29N5O3S/c1-3-7-18(15-8-5-4-6-9-15)26-22(31)14(2)34-24-19-21(27-20(28-24)16-10-11-16)30(17-12-13-17)25(33)29-23(19)32/h4-6,8-9,14,16-18H,3,7,10-13H2,1-2H3,(H,26,31)(H,29,32,33)/t14-,18-/m1/s1. The number of nitrogens with zero attached hydrogens (tertiary/aromatic N) is 3. The zero-order valence-electron chi connectivity index (χ0n) is 19.4. The predicted molar refractivity (Wildman–Crippen MR) is 132 cm³/mol. The van der Waals surface area contributed by atoms with E-state index in [0.717, 1.165) is 44.1 Å². The Bertz CT molecular complexity index is 1330. The maximum atomic E-state index is 13.2. The van der Waals surface area contributed by atoms with Gasteiger partial charge >= 0.3 is 5.69 Å². The van der Waals surface area contributed by atoms with Crippen LogP contribution in [0.2, 0.25) is 0 Å². The zero-order chi connectivity index (χ0) is 23.8.